The zero-order chi connectivity index (χ0) is 14.4. The highest BCUT2D eigenvalue weighted by molar-refractivity contribution is 5.20. The molecule has 20 heavy (non-hydrogen) atoms. The predicted molar refractivity (Wildman–Crippen MR) is 78.3 cm³/mol. The molecular weight excluding hydrogens is 252 g/mol. The molecule has 1 N–H and O–H groups in total. The summed E-state index contributed by atoms with van der Waals surface area (Å²) in [5, 5.41) is 3.37. The smallest absolute Gasteiger partial charge is 0.138 e. The lowest BCUT2D eigenvalue weighted by Crippen LogP contribution is -2.19. The highest BCUT2D eigenvalue weighted by Gasteiger charge is 2.01. The Morgan fingerprint density at radius 1 is 1.30 bits per heavy atom. The van der Waals surface area contributed by atoms with Crippen molar-refractivity contribution in [2.45, 2.75) is 27.0 Å². The number of ether oxygens (including phenoxy) is 1. The normalized spacial score (nSPS) is 11.0. The first-order valence-electron chi connectivity index (χ1n) is 6.89. The van der Waals surface area contributed by atoms with Crippen LogP contribution in [0.2, 0.25) is 0 Å². The lowest BCUT2D eigenvalue weighted by Gasteiger charge is -2.08. The van der Waals surface area contributed by atoms with Crippen LogP contribution in [0.25, 0.3) is 0 Å². The van der Waals surface area contributed by atoms with Gasteiger partial charge in [0, 0.05) is 13.6 Å². The van der Waals surface area contributed by atoms with Crippen LogP contribution in [-0.2, 0) is 20.2 Å². The van der Waals surface area contributed by atoms with E-state index in [2.05, 4.69) is 29.1 Å². The molecule has 0 aliphatic heterocycles. The maximum absolute atomic E-state index is 5.69. The molecule has 0 atom stereocenters. The quantitative estimate of drug-likeness (QED) is 0.840. The summed E-state index contributed by atoms with van der Waals surface area (Å²) in [6, 6.07) is 3.95. The van der Waals surface area contributed by atoms with Gasteiger partial charge in [-0.3, -0.25) is 4.98 Å². The SMILES string of the molecule is CC(C)CNCc1ccc(OCc2cncn2C)cn1. The largest absolute Gasteiger partial charge is 0.486 e. The Bertz CT molecular complexity index is 519. The van der Waals surface area contributed by atoms with Gasteiger partial charge in [-0.2, -0.15) is 0 Å². The summed E-state index contributed by atoms with van der Waals surface area (Å²) in [5.74, 6) is 1.43. The van der Waals surface area contributed by atoms with Crippen LogP contribution in [0.1, 0.15) is 25.2 Å². The monoisotopic (exact) mass is 274 g/mol. The van der Waals surface area contributed by atoms with Gasteiger partial charge in [-0.1, -0.05) is 13.8 Å². The van der Waals surface area contributed by atoms with Crippen molar-refractivity contribution in [2.75, 3.05) is 6.54 Å². The molecular formula is C15H22N4O. The summed E-state index contributed by atoms with van der Waals surface area (Å²) in [6.45, 7) is 6.68. The van der Waals surface area contributed by atoms with Gasteiger partial charge in [0.05, 0.1) is 30.1 Å². The van der Waals surface area contributed by atoms with E-state index in [0.717, 1.165) is 30.2 Å². The second-order valence-corrected chi connectivity index (χ2v) is 5.29. The minimum atomic E-state index is 0.503. The Kier molecular flexibility index (Phi) is 5.12. The van der Waals surface area contributed by atoms with Gasteiger partial charge in [-0.15, -0.1) is 0 Å². The topological polar surface area (TPSA) is 52.0 Å². The third-order valence-electron chi connectivity index (χ3n) is 2.96. The number of nitrogens with zero attached hydrogens (tertiary/aromatic N) is 3. The van der Waals surface area contributed by atoms with Crippen molar-refractivity contribution in [2.24, 2.45) is 13.0 Å². The average molecular weight is 274 g/mol. The lowest BCUT2D eigenvalue weighted by atomic mass is 10.2. The Morgan fingerprint density at radius 3 is 2.75 bits per heavy atom. The van der Waals surface area contributed by atoms with Gasteiger partial charge in [-0.05, 0) is 24.6 Å². The van der Waals surface area contributed by atoms with Crippen molar-refractivity contribution < 1.29 is 4.74 Å². The molecule has 0 saturated carbocycles. The summed E-state index contributed by atoms with van der Waals surface area (Å²) >= 11 is 0. The molecule has 2 aromatic heterocycles. The standard InChI is InChI=1S/C15H22N4O/c1-12(2)6-16-7-13-4-5-15(9-18-13)20-10-14-8-17-11-19(14)3/h4-5,8-9,11-12,16H,6-7,10H2,1-3H3. The molecule has 0 amide bonds. The second kappa shape index (κ2) is 7.05. The molecule has 0 unspecified atom stereocenters. The average Bonchev–Trinajstić information content (AvgIpc) is 2.83. The van der Waals surface area contributed by atoms with Gasteiger partial charge in [0.25, 0.3) is 0 Å². The summed E-state index contributed by atoms with van der Waals surface area (Å²) in [6.07, 6.45) is 5.33. The molecule has 5 nitrogen and oxygen atoms in total. The highest BCUT2D eigenvalue weighted by Crippen LogP contribution is 2.11. The van der Waals surface area contributed by atoms with Gasteiger partial charge in [0.1, 0.15) is 12.4 Å². The Labute approximate surface area is 120 Å². The van der Waals surface area contributed by atoms with Gasteiger partial charge in [0.2, 0.25) is 0 Å². The van der Waals surface area contributed by atoms with Crippen LogP contribution < -0.4 is 10.1 Å². The Hall–Kier alpha value is -1.88. The molecule has 108 valence electrons. The van der Waals surface area contributed by atoms with E-state index in [1.807, 2.05) is 23.7 Å². The molecule has 0 spiro atoms. The fraction of sp³-hybridized carbons (Fsp3) is 0.467. The molecule has 0 saturated heterocycles. The minimum Gasteiger partial charge on any atom is -0.486 e. The fourth-order valence-corrected chi connectivity index (χ4v) is 1.77. The first kappa shape index (κ1) is 14.5. The number of nitrogens with one attached hydrogen (secondary N) is 1. The highest BCUT2D eigenvalue weighted by atomic mass is 16.5. The van der Waals surface area contributed by atoms with Gasteiger partial charge >= 0.3 is 0 Å². The summed E-state index contributed by atoms with van der Waals surface area (Å²) < 4.78 is 7.63. The van der Waals surface area contributed by atoms with E-state index < -0.39 is 0 Å². The van der Waals surface area contributed by atoms with Crippen molar-refractivity contribution in [1.29, 1.82) is 0 Å². The number of imidazole rings is 1. The molecule has 0 aliphatic rings. The maximum Gasteiger partial charge on any atom is 0.138 e. The predicted octanol–water partition coefficient (Wildman–Crippen LogP) is 2.14. The molecule has 0 bridgehead atoms. The van der Waals surface area contributed by atoms with Crippen LogP contribution >= 0.6 is 0 Å². The van der Waals surface area contributed by atoms with E-state index in [1.165, 1.54) is 0 Å². The molecule has 2 heterocycles. The molecule has 2 aromatic rings. The second-order valence-electron chi connectivity index (χ2n) is 5.29. The Balaban J connectivity index is 1.81. The zero-order valence-corrected chi connectivity index (χ0v) is 12.3. The van der Waals surface area contributed by atoms with Gasteiger partial charge in [0.15, 0.2) is 0 Å². The number of hydrogen-bond donors (Lipinski definition) is 1. The van der Waals surface area contributed by atoms with E-state index in [9.17, 15) is 0 Å². The third-order valence-corrected chi connectivity index (χ3v) is 2.96. The van der Waals surface area contributed by atoms with Crippen LogP contribution in [-0.4, -0.2) is 21.1 Å². The number of aryl methyl sites for hydroxylation is 1. The number of pyridine rings is 1. The summed E-state index contributed by atoms with van der Waals surface area (Å²) in [7, 11) is 1.95. The molecule has 0 radical (unpaired) electrons. The van der Waals surface area contributed by atoms with Crippen LogP contribution in [0.15, 0.2) is 30.9 Å². The summed E-state index contributed by atoms with van der Waals surface area (Å²) in [5.41, 5.74) is 2.06. The first-order chi connectivity index (χ1) is 9.65. The van der Waals surface area contributed by atoms with Crippen molar-refractivity contribution >= 4 is 0 Å². The van der Waals surface area contributed by atoms with Gasteiger partial charge < -0.3 is 14.6 Å². The lowest BCUT2D eigenvalue weighted by molar-refractivity contribution is 0.295. The number of hydrogen-bond acceptors (Lipinski definition) is 4. The molecule has 0 aromatic carbocycles. The van der Waals surface area contributed by atoms with E-state index in [4.69, 9.17) is 4.74 Å². The molecule has 2 rings (SSSR count). The zero-order valence-electron chi connectivity index (χ0n) is 12.3. The van der Waals surface area contributed by atoms with Crippen LogP contribution in [0, 0.1) is 5.92 Å². The van der Waals surface area contributed by atoms with Crippen LogP contribution in [0.4, 0.5) is 0 Å². The van der Waals surface area contributed by atoms with E-state index >= 15 is 0 Å². The molecule has 5 heteroatoms. The molecule has 0 fully saturated rings. The van der Waals surface area contributed by atoms with E-state index in [-0.39, 0.29) is 0 Å². The van der Waals surface area contributed by atoms with E-state index in [1.54, 1.807) is 18.7 Å². The van der Waals surface area contributed by atoms with Crippen molar-refractivity contribution in [3.8, 4) is 5.75 Å². The van der Waals surface area contributed by atoms with Crippen LogP contribution in [0.5, 0.6) is 5.75 Å². The fourth-order valence-electron chi connectivity index (χ4n) is 1.77. The van der Waals surface area contributed by atoms with Crippen molar-refractivity contribution in [3.05, 3.63) is 42.2 Å². The van der Waals surface area contributed by atoms with Crippen molar-refractivity contribution in [1.82, 2.24) is 19.9 Å². The Morgan fingerprint density at radius 2 is 2.15 bits per heavy atom. The number of aromatic nitrogens is 3. The van der Waals surface area contributed by atoms with Gasteiger partial charge in [-0.25, -0.2) is 4.98 Å². The van der Waals surface area contributed by atoms with Crippen molar-refractivity contribution in [3.63, 3.8) is 0 Å². The molecule has 0 aliphatic carbocycles. The maximum atomic E-state index is 5.69. The third kappa shape index (κ3) is 4.35. The summed E-state index contributed by atoms with van der Waals surface area (Å²) in [4.78, 5) is 8.44. The number of rotatable bonds is 7. The minimum absolute atomic E-state index is 0.503. The first-order valence-corrected chi connectivity index (χ1v) is 6.89. The van der Waals surface area contributed by atoms with Crippen LogP contribution in [0.3, 0.4) is 0 Å². The van der Waals surface area contributed by atoms with E-state index in [0.29, 0.717) is 12.5 Å².